The highest BCUT2D eigenvalue weighted by molar-refractivity contribution is 6.30. The summed E-state index contributed by atoms with van der Waals surface area (Å²) in [5.41, 5.74) is 1.20. The first-order chi connectivity index (χ1) is 9.15. The number of halogens is 1. The van der Waals surface area contributed by atoms with Crippen molar-refractivity contribution >= 4 is 23.4 Å². The standard InChI is InChI=1S/C14H17ClN2O2/c15-11-1-3-12(4-2-11)17-8-5-10-9-16(14(18)19)7-6-13(10)17/h1-4,10,13H,5-9H2,(H,18,19)/t10-,13+/m0/s1. The van der Waals surface area contributed by atoms with Crippen LogP contribution in [0.5, 0.6) is 0 Å². The molecule has 0 bridgehead atoms. The number of fused-ring (bicyclic) bond motifs is 1. The highest BCUT2D eigenvalue weighted by atomic mass is 35.5. The maximum atomic E-state index is 11.0. The lowest BCUT2D eigenvalue weighted by molar-refractivity contribution is 0.118. The van der Waals surface area contributed by atoms with E-state index < -0.39 is 6.09 Å². The zero-order valence-corrected chi connectivity index (χ0v) is 11.4. The number of amides is 1. The molecule has 2 aliphatic heterocycles. The number of benzene rings is 1. The van der Waals surface area contributed by atoms with E-state index in [1.165, 1.54) is 5.69 Å². The van der Waals surface area contributed by atoms with Crippen LogP contribution in [0.15, 0.2) is 24.3 Å². The Kier molecular flexibility index (Phi) is 3.27. The van der Waals surface area contributed by atoms with Gasteiger partial charge in [0.2, 0.25) is 0 Å². The van der Waals surface area contributed by atoms with E-state index in [1.807, 2.05) is 24.3 Å². The summed E-state index contributed by atoms with van der Waals surface area (Å²) in [4.78, 5) is 15.0. The highest BCUT2D eigenvalue weighted by Gasteiger charge is 2.39. The lowest BCUT2D eigenvalue weighted by Gasteiger charge is -2.37. The van der Waals surface area contributed by atoms with Crippen molar-refractivity contribution in [2.24, 2.45) is 5.92 Å². The maximum Gasteiger partial charge on any atom is 0.407 e. The van der Waals surface area contributed by atoms with Gasteiger partial charge < -0.3 is 14.9 Å². The van der Waals surface area contributed by atoms with Gasteiger partial charge in [-0.3, -0.25) is 0 Å². The third-order valence-electron chi connectivity index (χ3n) is 4.26. The van der Waals surface area contributed by atoms with Crippen LogP contribution in [0.1, 0.15) is 12.8 Å². The van der Waals surface area contributed by atoms with E-state index in [9.17, 15) is 4.79 Å². The molecule has 5 heteroatoms. The van der Waals surface area contributed by atoms with Gasteiger partial charge in [0, 0.05) is 36.4 Å². The Morgan fingerprint density at radius 1 is 1.21 bits per heavy atom. The lowest BCUT2D eigenvalue weighted by atomic mass is 9.93. The van der Waals surface area contributed by atoms with Gasteiger partial charge in [-0.15, -0.1) is 0 Å². The quantitative estimate of drug-likeness (QED) is 0.860. The van der Waals surface area contributed by atoms with Crippen molar-refractivity contribution in [2.75, 3.05) is 24.5 Å². The van der Waals surface area contributed by atoms with Crippen molar-refractivity contribution in [3.63, 3.8) is 0 Å². The summed E-state index contributed by atoms with van der Waals surface area (Å²) in [6.07, 6.45) is 1.19. The molecule has 0 spiro atoms. The molecule has 2 fully saturated rings. The van der Waals surface area contributed by atoms with Crippen molar-refractivity contribution in [1.29, 1.82) is 0 Å². The van der Waals surface area contributed by atoms with Crippen LogP contribution in [0.25, 0.3) is 0 Å². The van der Waals surface area contributed by atoms with Gasteiger partial charge in [-0.1, -0.05) is 11.6 Å². The summed E-state index contributed by atoms with van der Waals surface area (Å²) < 4.78 is 0. The molecule has 19 heavy (non-hydrogen) atoms. The molecular weight excluding hydrogens is 264 g/mol. The predicted octanol–water partition coefficient (Wildman–Crippen LogP) is 2.92. The molecule has 2 heterocycles. The molecular formula is C14H17ClN2O2. The van der Waals surface area contributed by atoms with Crippen LogP contribution >= 0.6 is 11.6 Å². The number of piperidine rings is 1. The zero-order valence-electron chi connectivity index (χ0n) is 10.6. The Morgan fingerprint density at radius 2 is 1.95 bits per heavy atom. The molecule has 0 aromatic heterocycles. The first-order valence-corrected chi connectivity index (χ1v) is 7.03. The van der Waals surface area contributed by atoms with E-state index in [2.05, 4.69) is 4.90 Å². The minimum absolute atomic E-state index is 0.459. The van der Waals surface area contributed by atoms with Crippen LogP contribution in [0.2, 0.25) is 5.02 Å². The van der Waals surface area contributed by atoms with Crippen LogP contribution < -0.4 is 4.90 Å². The number of likely N-dealkylation sites (tertiary alicyclic amines) is 1. The van der Waals surface area contributed by atoms with Crippen molar-refractivity contribution in [2.45, 2.75) is 18.9 Å². The van der Waals surface area contributed by atoms with E-state index >= 15 is 0 Å². The first-order valence-electron chi connectivity index (χ1n) is 6.65. The number of carbonyl (C=O) groups is 1. The minimum Gasteiger partial charge on any atom is -0.465 e. The number of carboxylic acid groups (broad SMARTS) is 1. The summed E-state index contributed by atoms with van der Waals surface area (Å²) in [6.45, 7) is 2.31. The molecule has 4 nitrogen and oxygen atoms in total. The van der Waals surface area contributed by atoms with Gasteiger partial charge in [-0.05, 0) is 43.0 Å². The molecule has 2 saturated heterocycles. The SMILES string of the molecule is O=C(O)N1CC[C@@H]2[C@@H](CCN2c2ccc(Cl)cc2)C1. The van der Waals surface area contributed by atoms with Crippen molar-refractivity contribution in [1.82, 2.24) is 4.90 Å². The van der Waals surface area contributed by atoms with Gasteiger partial charge in [0.05, 0.1) is 0 Å². The molecule has 102 valence electrons. The molecule has 0 radical (unpaired) electrons. The van der Waals surface area contributed by atoms with Crippen LogP contribution in [0.4, 0.5) is 10.5 Å². The summed E-state index contributed by atoms with van der Waals surface area (Å²) in [5.74, 6) is 0.459. The second-order valence-corrected chi connectivity index (χ2v) is 5.74. The Morgan fingerprint density at radius 3 is 2.63 bits per heavy atom. The van der Waals surface area contributed by atoms with Crippen LogP contribution in [0.3, 0.4) is 0 Å². The van der Waals surface area contributed by atoms with Gasteiger partial charge in [0.15, 0.2) is 0 Å². The first kappa shape index (κ1) is 12.6. The average molecular weight is 281 g/mol. The number of hydrogen-bond acceptors (Lipinski definition) is 2. The summed E-state index contributed by atoms with van der Waals surface area (Å²) >= 11 is 5.92. The zero-order chi connectivity index (χ0) is 13.4. The number of anilines is 1. The number of hydrogen-bond donors (Lipinski definition) is 1. The van der Waals surface area contributed by atoms with Gasteiger partial charge >= 0.3 is 6.09 Å². The second-order valence-electron chi connectivity index (χ2n) is 5.30. The minimum atomic E-state index is -0.789. The molecule has 1 aromatic carbocycles. The average Bonchev–Trinajstić information content (AvgIpc) is 2.82. The van der Waals surface area contributed by atoms with Gasteiger partial charge in [-0.2, -0.15) is 0 Å². The van der Waals surface area contributed by atoms with Crippen molar-refractivity contribution < 1.29 is 9.90 Å². The largest absolute Gasteiger partial charge is 0.465 e. The molecule has 0 unspecified atom stereocenters. The van der Waals surface area contributed by atoms with Crippen LogP contribution in [-0.4, -0.2) is 41.8 Å². The van der Waals surface area contributed by atoms with E-state index in [-0.39, 0.29) is 0 Å². The fraction of sp³-hybridized carbons (Fsp3) is 0.500. The molecule has 3 rings (SSSR count). The fourth-order valence-electron chi connectivity index (χ4n) is 3.31. The molecule has 0 aliphatic carbocycles. The predicted molar refractivity (Wildman–Crippen MR) is 74.9 cm³/mol. The van der Waals surface area contributed by atoms with Crippen molar-refractivity contribution in [3.8, 4) is 0 Å². The van der Waals surface area contributed by atoms with Gasteiger partial charge in [-0.25, -0.2) is 4.79 Å². The summed E-state index contributed by atoms with van der Waals surface area (Å²) in [7, 11) is 0. The summed E-state index contributed by atoms with van der Waals surface area (Å²) in [5, 5.41) is 9.82. The molecule has 2 atom stereocenters. The highest BCUT2D eigenvalue weighted by Crippen LogP contribution is 2.35. The molecule has 1 aromatic rings. The third-order valence-corrected chi connectivity index (χ3v) is 4.52. The Bertz CT molecular complexity index is 477. The maximum absolute atomic E-state index is 11.0. The third kappa shape index (κ3) is 2.37. The molecule has 2 aliphatic rings. The lowest BCUT2D eigenvalue weighted by Crippen LogP contribution is -2.47. The van der Waals surface area contributed by atoms with Gasteiger partial charge in [0.1, 0.15) is 0 Å². The van der Waals surface area contributed by atoms with E-state index in [4.69, 9.17) is 16.7 Å². The number of nitrogens with zero attached hydrogens (tertiary/aromatic N) is 2. The van der Waals surface area contributed by atoms with E-state index in [1.54, 1.807) is 4.90 Å². The van der Waals surface area contributed by atoms with Gasteiger partial charge in [0.25, 0.3) is 0 Å². The van der Waals surface area contributed by atoms with Crippen LogP contribution in [-0.2, 0) is 0 Å². The second kappa shape index (κ2) is 4.93. The molecule has 1 amide bonds. The monoisotopic (exact) mass is 280 g/mol. The Labute approximate surface area is 117 Å². The van der Waals surface area contributed by atoms with E-state index in [0.29, 0.717) is 25.0 Å². The normalized spacial score (nSPS) is 26.4. The molecule has 1 N–H and O–H groups in total. The van der Waals surface area contributed by atoms with Crippen molar-refractivity contribution in [3.05, 3.63) is 29.3 Å². The topological polar surface area (TPSA) is 43.8 Å². The number of rotatable bonds is 1. The Balaban J connectivity index is 1.74. The fourth-order valence-corrected chi connectivity index (χ4v) is 3.44. The Hall–Kier alpha value is -1.42. The molecule has 0 saturated carbocycles. The smallest absolute Gasteiger partial charge is 0.407 e. The van der Waals surface area contributed by atoms with Crippen LogP contribution in [0, 0.1) is 5.92 Å². The summed E-state index contributed by atoms with van der Waals surface area (Å²) in [6, 6.07) is 8.40. The van der Waals surface area contributed by atoms with E-state index in [0.717, 1.165) is 24.4 Å².